The van der Waals surface area contributed by atoms with Crippen molar-refractivity contribution in [1.82, 2.24) is 5.32 Å². The molecular formula is C16H21NO3. The van der Waals surface area contributed by atoms with Crippen LogP contribution in [0.1, 0.15) is 55.8 Å². The van der Waals surface area contributed by atoms with Gasteiger partial charge < -0.3 is 10.1 Å². The smallest absolute Gasteiger partial charge is 0.308 e. The minimum absolute atomic E-state index is 0.159. The first-order chi connectivity index (χ1) is 9.66. The maximum absolute atomic E-state index is 12.3. The molecule has 0 unspecified atom stereocenters. The molecule has 4 nitrogen and oxygen atoms in total. The molecule has 20 heavy (non-hydrogen) atoms. The highest BCUT2D eigenvalue weighted by atomic mass is 16.5. The van der Waals surface area contributed by atoms with E-state index in [0.29, 0.717) is 11.3 Å². The summed E-state index contributed by atoms with van der Waals surface area (Å²) in [5.74, 6) is -0.250. The Kier molecular flexibility index (Phi) is 5.16. The van der Waals surface area contributed by atoms with Crippen molar-refractivity contribution in [1.29, 1.82) is 0 Å². The Bertz CT molecular complexity index is 476. The Morgan fingerprint density at radius 2 is 1.75 bits per heavy atom. The number of benzene rings is 1. The first-order valence-corrected chi connectivity index (χ1v) is 7.25. The molecule has 1 amide bonds. The molecule has 0 bridgehead atoms. The molecule has 0 atom stereocenters. The quantitative estimate of drug-likeness (QED) is 0.524. The number of rotatable bonds is 3. The van der Waals surface area contributed by atoms with Gasteiger partial charge in [0.05, 0.1) is 5.56 Å². The van der Waals surface area contributed by atoms with E-state index in [1.54, 1.807) is 24.3 Å². The van der Waals surface area contributed by atoms with E-state index in [9.17, 15) is 9.59 Å². The molecule has 1 aromatic rings. The maximum Gasteiger partial charge on any atom is 0.308 e. The second kappa shape index (κ2) is 7.08. The van der Waals surface area contributed by atoms with E-state index >= 15 is 0 Å². The summed E-state index contributed by atoms with van der Waals surface area (Å²) < 4.78 is 5.08. The van der Waals surface area contributed by atoms with Crippen molar-refractivity contribution < 1.29 is 14.3 Å². The molecule has 1 aliphatic rings. The fraction of sp³-hybridized carbons (Fsp3) is 0.500. The number of para-hydroxylation sites is 1. The second-order valence-electron chi connectivity index (χ2n) is 5.25. The van der Waals surface area contributed by atoms with Crippen LogP contribution in [0.4, 0.5) is 0 Å². The molecule has 1 aromatic carbocycles. The first kappa shape index (κ1) is 14.6. The van der Waals surface area contributed by atoms with Gasteiger partial charge in [-0.2, -0.15) is 0 Å². The fourth-order valence-corrected chi connectivity index (χ4v) is 2.58. The van der Waals surface area contributed by atoms with Gasteiger partial charge in [-0.3, -0.25) is 9.59 Å². The molecule has 108 valence electrons. The van der Waals surface area contributed by atoms with Gasteiger partial charge in [0.25, 0.3) is 5.91 Å². The van der Waals surface area contributed by atoms with Crippen molar-refractivity contribution in [3.05, 3.63) is 29.8 Å². The van der Waals surface area contributed by atoms with Crippen LogP contribution in [0.2, 0.25) is 0 Å². The number of hydrogen-bond acceptors (Lipinski definition) is 3. The van der Waals surface area contributed by atoms with Gasteiger partial charge in [-0.05, 0) is 25.0 Å². The lowest BCUT2D eigenvalue weighted by atomic mass is 10.1. The zero-order chi connectivity index (χ0) is 14.4. The molecule has 0 heterocycles. The van der Waals surface area contributed by atoms with Crippen LogP contribution in [-0.2, 0) is 4.79 Å². The molecule has 1 aliphatic carbocycles. The first-order valence-electron chi connectivity index (χ1n) is 7.25. The SMILES string of the molecule is CC(=O)Oc1ccccc1C(=O)NC1CCCCCC1. The van der Waals surface area contributed by atoms with Gasteiger partial charge in [0.2, 0.25) is 0 Å². The van der Waals surface area contributed by atoms with Gasteiger partial charge in [0.15, 0.2) is 0 Å². The lowest BCUT2D eigenvalue weighted by Gasteiger charge is -2.17. The molecule has 0 aliphatic heterocycles. The van der Waals surface area contributed by atoms with E-state index in [1.807, 2.05) is 0 Å². The minimum Gasteiger partial charge on any atom is -0.426 e. The standard InChI is InChI=1S/C16H21NO3/c1-12(18)20-15-11-7-6-10-14(15)16(19)17-13-8-4-2-3-5-9-13/h6-7,10-11,13H,2-5,8-9H2,1H3,(H,17,19). The Balaban J connectivity index is 2.06. The lowest BCUT2D eigenvalue weighted by Crippen LogP contribution is -2.34. The highest BCUT2D eigenvalue weighted by Crippen LogP contribution is 2.21. The molecule has 1 fully saturated rings. The van der Waals surface area contributed by atoms with Gasteiger partial charge in [0.1, 0.15) is 5.75 Å². The third-order valence-corrected chi connectivity index (χ3v) is 3.58. The van der Waals surface area contributed by atoms with Crippen LogP contribution in [0.25, 0.3) is 0 Å². The summed E-state index contributed by atoms with van der Waals surface area (Å²) in [4.78, 5) is 23.4. The summed E-state index contributed by atoms with van der Waals surface area (Å²) in [6.07, 6.45) is 6.88. The third-order valence-electron chi connectivity index (χ3n) is 3.58. The monoisotopic (exact) mass is 275 g/mol. The summed E-state index contributed by atoms with van der Waals surface area (Å²) in [7, 11) is 0. The highest BCUT2D eigenvalue weighted by Gasteiger charge is 2.18. The van der Waals surface area contributed by atoms with E-state index in [-0.39, 0.29) is 11.9 Å². The summed E-state index contributed by atoms with van der Waals surface area (Å²) >= 11 is 0. The number of carbonyl (C=O) groups is 2. The van der Waals surface area contributed by atoms with Crippen molar-refractivity contribution in [2.45, 2.75) is 51.5 Å². The molecule has 0 radical (unpaired) electrons. The number of amides is 1. The average Bonchev–Trinajstić information content (AvgIpc) is 2.67. The minimum atomic E-state index is -0.417. The van der Waals surface area contributed by atoms with Crippen LogP contribution in [-0.4, -0.2) is 17.9 Å². The van der Waals surface area contributed by atoms with Crippen molar-refractivity contribution in [3.8, 4) is 5.75 Å². The van der Waals surface area contributed by atoms with Gasteiger partial charge in [0, 0.05) is 13.0 Å². The second-order valence-corrected chi connectivity index (χ2v) is 5.25. The number of carbonyl (C=O) groups excluding carboxylic acids is 2. The molecule has 2 rings (SSSR count). The topological polar surface area (TPSA) is 55.4 Å². The van der Waals surface area contributed by atoms with Crippen LogP contribution in [0.15, 0.2) is 24.3 Å². The van der Waals surface area contributed by atoms with Crippen molar-refractivity contribution in [2.75, 3.05) is 0 Å². The molecule has 0 spiro atoms. The van der Waals surface area contributed by atoms with Gasteiger partial charge in [-0.15, -0.1) is 0 Å². The zero-order valence-corrected chi connectivity index (χ0v) is 11.9. The summed E-state index contributed by atoms with van der Waals surface area (Å²) in [6.45, 7) is 1.33. The van der Waals surface area contributed by atoms with Gasteiger partial charge in [-0.1, -0.05) is 37.8 Å². The largest absolute Gasteiger partial charge is 0.426 e. The van der Waals surface area contributed by atoms with Crippen LogP contribution < -0.4 is 10.1 Å². The number of hydrogen-bond donors (Lipinski definition) is 1. The average molecular weight is 275 g/mol. The Hall–Kier alpha value is -1.84. The molecular weight excluding hydrogens is 254 g/mol. The van der Waals surface area contributed by atoms with Crippen molar-refractivity contribution in [3.63, 3.8) is 0 Å². The normalized spacial score (nSPS) is 16.2. The van der Waals surface area contributed by atoms with Crippen LogP contribution in [0.3, 0.4) is 0 Å². The van der Waals surface area contributed by atoms with Crippen LogP contribution >= 0.6 is 0 Å². The Labute approximate surface area is 119 Å². The van der Waals surface area contributed by atoms with E-state index in [1.165, 1.54) is 19.8 Å². The Morgan fingerprint density at radius 3 is 2.40 bits per heavy atom. The summed E-state index contributed by atoms with van der Waals surface area (Å²) in [6, 6.07) is 7.08. The van der Waals surface area contributed by atoms with E-state index < -0.39 is 5.97 Å². The van der Waals surface area contributed by atoms with Crippen LogP contribution in [0.5, 0.6) is 5.75 Å². The highest BCUT2D eigenvalue weighted by molar-refractivity contribution is 5.97. The van der Waals surface area contributed by atoms with Gasteiger partial charge >= 0.3 is 5.97 Å². The van der Waals surface area contributed by atoms with Crippen LogP contribution in [0, 0.1) is 0 Å². The fourth-order valence-electron chi connectivity index (χ4n) is 2.58. The number of ether oxygens (including phenoxy) is 1. The van der Waals surface area contributed by atoms with Crippen molar-refractivity contribution >= 4 is 11.9 Å². The van der Waals surface area contributed by atoms with Crippen molar-refractivity contribution in [2.24, 2.45) is 0 Å². The van der Waals surface area contributed by atoms with Gasteiger partial charge in [-0.25, -0.2) is 0 Å². The molecule has 4 heteroatoms. The maximum atomic E-state index is 12.3. The number of nitrogens with one attached hydrogen (secondary N) is 1. The molecule has 1 N–H and O–H groups in total. The van der Waals surface area contributed by atoms with E-state index in [2.05, 4.69) is 5.32 Å². The lowest BCUT2D eigenvalue weighted by molar-refractivity contribution is -0.131. The zero-order valence-electron chi connectivity index (χ0n) is 11.9. The molecule has 1 saturated carbocycles. The predicted octanol–water partition coefficient (Wildman–Crippen LogP) is 3.06. The van der Waals surface area contributed by atoms with E-state index in [4.69, 9.17) is 4.74 Å². The molecule has 0 aromatic heterocycles. The summed E-state index contributed by atoms with van der Waals surface area (Å²) in [5, 5.41) is 3.06. The Morgan fingerprint density at radius 1 is 1.10 bits per heavy atom. The third kappa shape index (κ3) is 4.08. The molecule has 0 saturated heterocycles. The predicted molar refractivity (Wildman–Crippen MR) is 76.7 cm³/mol. The van der Waals surface area contributed by atoms with E-state index in [0.717, 1.165) is 25.7 Å². The number of esters is 1. The summed E-state index contributed by atoms with van der Waals surface area (Å²) in [5.41, 5.74) is 0.423.